The van der Waals surface area contributed by atoms with Crippen molar-refractivity contribution in [2.24, 2.45) is 11.8 Å². The van der Waals surface area contributed by atoms with Gasteiger partial charge in [0.1, 0.15) is 5.60 Å². The van der Waals surface area contributed by atoms with Crippen molar-refractivity contribution in [3.8, 4) is 0 Å². The van der Waals surface area contributed by atoms with Gasteiger partial charge in [-0.25, -0.2) is 0 Å². The summed E-state index contributed by atoms with van der Waals surface area (Å²) in [4.78, 5) is 35.1. The van der Waals surface area contributed by atoms with E-state index in [9.17, 15) is 9.59 Å². The molecule has 1 saturated carbocycles. The Bertz CT molecular complexity index is 833. The lowest BCUT2D eigenvalue weighted by atomic mass is 9.76. The molecule has 3 fully saturated rings. The summed E-state index contributed by atoms with van der Waals surface area (Å²) in [5.74, 6) is -0.638. The molecule has 3 aliphatic heterocycles. The van der Waals surface area contributed by atoms with Crippen LogP contribution in [0, 0.1) is 11.8 Å². The molecule has 4 aliphatic rings. The number of fused-ring (bicyclic) bond motifs is 1. The summed E-state index contributed by atoms with van der Waals surface area (Å²) in [6.45, 7) is 1.19. The van der Waals surface area contributed by atoms with Crippen molar-refractivity contribution in [1.29, 1.82) is 0 Å². The number of aromatic nitrogens is 1. The van der Waals surface area contributed by atoms with E-state index in [-0.39, 0.29) is 23.8 Å². The van der Waals surface area contributed by atoms with Crippen LogP contribution in [0.5, 0.6) is 0 Å². The number of likely N-dealkylation sites (tertiary alicyclic amines) is 1. The summed E-state index contributed by atoms with van der Waals surface area (Å²) in [5.41, 5.74) is 0.366. The first-order valence-corrected chi connectivity index (χ1v) is 11.4. The smallest absolute Gasteiger partial charge is 0.230 e. The SMILES string of the molecule is CN(CCc1ccccn1)C(=O)C1C2C(=O)N(C3CCCCCC3)C[C@]23C=C[C@H]1O3. The molecule has 4 heterocycles. The lowest BCUT2D eigenvalue weighted by molar-refractivity contribution is -0.143. The number of nitrogens with zero attached hydrogens (tertiary/aromatic N) is 3. The predicted octanol–water partition coefficient (Wildman–Crippen LogP) is 2.59. The molecule has 0 radical (unpaired) electrons. The molecule has 2 amide bonds. The van der Waals surface area contributed by atoms with Crippen LogP contribution in [0.4, 0.5) is 0 Å². The van der Waals surface area contributed by atoms with E-state index in [0.717, 1.165) is 18.5 Å². The van der Waals surface area contributed by atoms with Crippen LogP contribution in [0.1, 0.15) is 44.2 Å². The van der Waals surface area contributed by atoms with Crippen molar-refractivity contribution in [1.82, 2.24) is 14.8 Å². The molecule has 5 rings (SSSR count). The van der Waals surface area contributed by atoms with Crippen LogP contribution < -0.4 is 0 Å². The molecular weight excluding hydrogens is 378 g/mol. The Morgan fingerprint density at radius 2 is 2.07 bits per heavy atom. The van der Waals surface area contributed by atoms with Gasteiger partial charge in [-0.3, -0.25) is 14.6 Å². The number of carbonyl (C=O) groups excluding carboxylic acids is 2. The van der Waals surface area contributed by atoms with E-state index in [1.807, 2.05) is 31.3 Å². The number of rotatable bonds is 5. The fraction of sp³-hybridized carbons (Fsp3) is 0.625. The van der Waals surface area contributed by atoms with Crippen molar-refractivity contribution in [2.75, 3.05) is 20.1 Å². The van der Waals surface area contributed by atoms with E-state index in [1.54, 1.807) is 11.1 Å². The maximum atomic E-state index is 13.5. The first kappa shape index (κ1) is 19.7. The molecule has 6 heteroatoms. The fourth-order valence-electron chi connectivity index (χ4n) is 5.88. The zero-order valence-corrected chi connectivity index (χ0v) is 17.7. The Morgan fingerprint density at radius 3 is 2.80 bits per heavy atom. The van der Waals surface area contributed by atoms with Gasteiger partial charge in [-0.1, -0.05) is 43.9 Å². The predicted molar refractivity (Wildman–Crippen MR) is 113 cm³/mol. The molecule has 1 aromatic rings. The van der Waals surface area contributed by atoms with Crippen molar-refractivity contribution < 1.29 is 14.3 Å². The van der Waals surface area contributed by atoms with Gasteiger partial charge >= 0.3 is 0 Å². The minimum absolute atomic E-state index is 0.0169. The lowest BCUT2D eigenvalue weighted by Gasteiger charge is -2.30. The number of ether oxygens (including phenoxy) is 1. The maximum absolute atomic E-state index is 13.5. The summed E-state index contributed by atoms with van der Waals surface area (Å²) in [5, 5.41) is 0. The second-order valence-corrected chi connectivity index (χ2v) is 9.34. The Kier molecular flexibility index (Phi) is 5.13. The fourth-order valence-corrected chi connectivity index (χ4v) is 5.88. The maximum Gasteiger partial charge on any atom is 0.230 e. The largest absolute Gasteiger partial charge is 0.360 e. The minimum Gasteiger partial charge on any atom is -0.360 e. The van der Waals surface area contributed by atoms with Crippen molar-refractivity contribution >= 4 is 11.8 Å². The first-order valence-electron chi connectivity index (χ1n) is 11.4. The highest BCUT2D eigenvalue weighted by atomic mass is 16.5. The third kappa shape index (κ3) is 3.25. The second-order valence-electron chi connectivity index (χ2n) is 9.34. The van der Waals surface area contributed by atoms with Gasteiger partial charge in [-0.15, -0.1) is 0 Å². The summed E-state index contributed by atoms with van der Waals surface area (Å²) in [6, 6.07) is 6.13. The summed E-state index contributed by atoms with van der Waals surface area (Å²) in [7, 11) is 1.83. The summed E-state index contributed by atoms with van der Waals surface area (Å²) in [6.07, 6.45) is 13.3. The number of likely N-dealkylation sites (N-methyl/N-ethyl adjacent to an activating group) is 1. The van der Waals surface area contributed by atoms with Gasteiger partial charge in [0.25, 0.3) is 0 Å². The van der Waals surface area contributed by atoms with Gasteiger partial charge in [-0.05, 0) is 25.0 Å². The zero-order valence-electron chi connectivity index (χ0n) is 17.7. The molecule has 1 spiro atoms. The standard InChI is InChI=1S/C24H31N3O3/c1-26(15-12-17-8-6-7-14-25-17)22(28)20-19-11-13-24(30-19)16-27(23(29)21(20)24)18-9-4-2-3-5-10-18/h6-8,11,13-14,18-21H,2-5,9-10,12,15-16H2,1H3/t19-,20?,21?,24-/m1/s1. The zero-order chi connectivity index (χ0) is 20.7. The van der Waals surface area contributed by atoms with Gasteiger partial charge in [0.2, 0.25) is 11.8 Å². The summed E-state index contributed by atoms with van der Waals surface area (Å²) >= 11 is 0. The third-order valence-electron chi connectivity index (χ3n) is 7.49. The highest BCUT2D eigenvalue weighted by molar-refractivity contribution is 5.93. The lowest BCUT2D eigenvalue weighted by Crippen LogP contribution is -2.45. The highest BCUT2D eigenvalue weighted by Crippen LogP contribution is 2.53. The molecule has 4 atom stereocenters. The third-order valence-corrected chi connectivity index (χ3v) is 7.49. The Hall–Kier alpha value is -2.21. The molecule has 30 heavy (non-hydrogen) atoms. The van der Waals surface area contributed by atoms with Gasteiger partial charge in [-0.2, -0.15) is 0 Å². The monoisotopic (exact) mass is 409 g/mol. The van der Waals surface area contributed by atoms with Crippen molar-refractivity contribution in [2.45, 2.75) is 62.7 Å². The van der Waals surface area contributed by atoms with Crippen LogP contribution in [-0.4, -0.2) is 64.5 Å². The van der Waals surface area contributed by atoms with E-state index in [0.29, 0.717) is 25.6 Å². The van der Waals surface area contributed by atoms with Gasteiger partial charge in [0.15, 0.2) is 0 Å². The Morgan fingerprint density at radius 1 is 1.27 bits per heavy atom. The molecule has 1 aliphatic carbocycles. The second kappa shape index (κ2) is 7.80. The molecule has 0 aromatic carbocycles. The summed E-state index contributed by atoms with van der Waals surface area (Å²) < 4.78 is 6.32. The Balaban J connectivity index is 1.31. The van der Waals surface area contributed by atoms with Crippen LogP contribution in [0.2, 0.25) is 0 Å². The van der Waals surface area contributed by atoms with E-state index in [4.69, 9.17) is 4.74 Å². The topological polar surface area (TPSA) is 62.7 Å². The van der Waals surface area contributed by atoms with Crippen LogP contribution in [-0.2, 0) is 20.7 Å². The van der Waals surface area contributed by atoms with Crippen LogP contribution in [0.15, 0.2) is 36.5 Å². The number of hydrogen-bond donors (Lipinski definition) is 0. The minimum atomic E-state index is -0.601. The van der Waals surface area contributed by atoms with E-state index >= 15 is 0 Å². The van der Waals surface area contributed by atoms with E-state index in [1.165, 1.54) is 25.7 Å². The van der Waals surface area contributed by atoms with Crippen LogP contribution >= 0.6 is 0 Å². The van der Waals surface area contributed by atoms with E-state index in [2.05, 4.69) is 16.0 Å². The molecule has 6 nitrogen and oxygen atoms in total. The van der Waals surface area contributed by atoms with Gasteiger partial charge in [0.05, 0.1) is 24.5 Å². The number of amides is 2. The van der Waals surface area contributed by atoms with Crippen molar-refractivity contribution in [3.05, 3.63) is 42.2 Å². The van der Waals surface area contributed by atoms with Crippen LogP contribution in [0.3, 0.4) is 0 Å². The average molecular weight is 410 g/mol. The average Bonchev–Trinajstić information content (AvgIpc) is 3.32. The highest BCUT2D eigenvalue weighted by Gasteiger charge is 2.67. The Labute approximate surface area is 178 Å². The quantitative estimate of drug-likeness (QED) is 0.554. The number of pyridine rings is 1. The van der Waals surface area contributed by atoms with Crippen molar-refractivity contribution in [3.63, 3.8) is 0 Å². The first-order chi connectivity index (χ1) is 14.6. The number of hydrogen-bond acceptors (Lipinski definition) is 4. The molecule has 2 saturated heterocycles. The van der Waals surface area contributed by atoms with Crippen LogP contribution in [0.25, 0.3) is 0 Å². The van der Waals surface area contributed by atoms with Gasteiger partial charge < -0.3 is 14.5 Å². The molecule has 2 bridgehead atoms. The molecule has 1 aromatic heterocycles. The molecular formula is C24H31N3O3. The number of carbonyl (C=O) groups is 2. The molecule has 0 N–H and O–H groups in total. The molecule has 160 valence electrons. The molecule has 2 unspecified atom stereocenters. The van der Waals surface area contributed by atoms with Gasteiger partial charge in [0, 0.05) is 37.9 Å². The normalized spacial score (nSPS) is 33.0. The van der Waals surface area contributed by atoms with E-state index < -0.39 is 11.5 Å².